The van der Waals surface area contributed by atoms with Crippen LogP contribution in [0.3, 0.4) is 0 Å². The van der Waals surface area contributed by atoms with Gasteiger partial charge in [-0.25, -0.2) is 4.79 Å². The summed E-state index contributed by atoms with van der Waals surface area (Å²) in [4.78, 5) is 19.4. The van der Waals surface area contributed by atoms with Crippen LogP contribution in [-0.4, -0.2) is 39.0 Å². The Balaban J connectivity index is 1.53. The molecule has 1 saturated heterocycles. The third-order valence-electron chi connectivity index (χ3n) is 6.22. The van der Waals surface area contributed by atoms with Crippen LogP contribution in [0.4, 0.5) is 18.0 Å². The smallest absolute Gasteiger partial charge is 0.334 e. The van der Waals surface area contributed by atoms with Crippen LogP contribution in [0.1, 0.15) is 41.1 Å². The molecule has 1 aliphatic heterocycles. The zero-order chi connectivity index (χ0) is 25.0. The van der Waals surface area contributed by atoms with E-state index in [0.717, 1.165) is 22.1 Å². The predicted molar refractivity (Wildman–Crippen MR) is 128 cm³/mol. The number of carbonyl (C=O) groups excluding carboxylic acids is 1. The number of nitrogens with zero attached hydrogens (tertiary/aromatic N) is 2. The molecule has 0 spiro atoms. The van der Waals surface area contributed by atoms with Crippen molar-refractivity contribution in [3.05, 3.63) is 95.3 Å². The minimum absolute atomic E-state index is 0.0383. The lowest BCUT2D eigenvalue weighted by atomic mass is 9.85. The van der Waals surface area contributed by atoms with Crippen molar-refractivity contribution in [2.75, 3.05) is 18.8 Å². The molecule has 1 N–H and O–H groups in total. The Morgan fingerprint density at radius 2 is 1.71 bits per heavy atom. The number of pyridine rings is 1. The summed E-state index contributed by atoms with van der Waals surface area (Å²) in [6.07, 6.45) is -3.17. The molecule has 3 unspecified atom stereocenters. The van der Waals surface area contributed by atoms with Crippen molar-refractivity contribution in [2.24, 2.45) is 0 Å². The number of likely N-dealkylation sites (tertiary alicyclic amines) is 1. The van der Waals surface area contributed by atoms with Crippen molar-refractivity contribution < 1.29 is 22.2 Å². The van der Waals surface area contributed by atoms with E-state index in [0.29, 0.717) is 5.75 Å². The molecule has 3 aromatic rings. The minimum atomic E-state index is -4.53. The second-order valence-corrected chi connectivity index (χ2v) is 10.1. The van der Waals surface area contributed by atoms with Crippen LogP contribution in [0, 0.1) is 0 Å². The van der Waals surface area contributed by atoms with Crippen molar-refractivity contribution in [1.29, 1.82) is 0 Å². The summed E-state index contributed by atoms with van der Waals surface area (Å²) < 4.78 is 53.1. The number of amides is 2. The lowest BCUT2D eigenvalue weighted by Gasteiger charge is -2.21. The molecule has 1 aliphatic rings. The number of rotatable bonds is 6. The SMILES string of the molecule is CCS(=O)c1ccc(CNC(=O)N2CC(c3ccccc3)C(c3ncccc3C(F)(F)F)C2)cc1. The molecule has 1 aromatic heterocycles. The van der Waals surface area contributed by atoms with Crippen LogP contribution >= 0.6 is 0 Å². The Labute approximate surface area is 204 Å². The maximum Gasteiger partial charge on any atom is 0.418 e. The zero-order valence-electron chi connectivity index (χ0n) is 19.2. The number of hydrogen-bond acceptors (Lipinski definition) is 3. The maximum absolute atomic E-state index is 13.7. The molecule has 5 nitrogen and oxygen atoms in total. The number of benzene rings is 2. The summed E-state index contributed by atoms with van der Waals surface area (Å²) in [5.74, 6) is -0.383. The first-order valence-electron chi connectivity index (χ1n) is 11.3. The molecule has 2 heterocycles. The van der Waals surface area contributed by atoms with E-state index in [9.17, 15) is 22.2 Å². The van der Waals surface area contributed by atoms with E-state index in [1.807, 2.05) is 49.4 Å². The van der Waals surface area contributed by atoms with E-state index in [4.69, 9.17) is 0 Å². The summed E-state index contributed by atoms with van der Waals surface area (Å²) in [7, 11) is -1.05. The molecular formula is C26H26F3N3O2S. The van der Waals surface area contributed by atoms with Crippen LogP contribution in [0.15, 0.2) is 77.8 Å². The molecule has 4 rings (SSSR count). The number of hydrogen-bond donors (Lipinski definition) is 1. The van der Waals surface area contributed by atoms with E-state index >= 15 is 0 Å². The lowest BCUT2D eigenvalue weighted by molar-refractivity contribution is -0.138. The highest BCUT2D eigenvalue weighted by Gasteiger charge is 2.43. The number of urea groups is 1. The fourth-order valence-corrected chi connectivity index (χ4v) is 5.23. The molecule has 0 aliphatic carbocycles. The standard InChI is InChI=1S/C26H26F3N3O2S/c1-2-35(34)20-12-10-18(11-13-20)15-31-25(33)32-16-21(19-7-4-3-5-8-19)22(17-32)24-23(26(27,28)29)9-6-14-30-24/h3-14,21-22H,2,15-17H2,1H3,(H,31,33). The topological polar surface area (TPSA) is 62.3 Å². The largest absolute Gasteiger partial charge is 0.418 e. The average Bonchev–Trinajstić information content (AvgIpc) is 3.33. The minimum Gasteiger partial charge on any atom is -0.334 e. The van der Waals surface area contributed by atoms with Gasteiger partial charge < -0.3 is 10.2 Å². The number of halogens is 3. The Morgan fingerprint density at radius 3 is 2.37 bits per heavy atom. The van der Waals surface area contributed by atoms with Crippen LogP contribution < -0.4 is 5.32 Å². The molecule has 9 heteroatoms. The van der Waals surface area contributed by atoms with E-state index in [-0.39, 0.29) is 37.3 Å². The van der Waals surface area contributed by atoms with Crippen LogP contribution in [0.25, 0.3) is 0 Å². The molecule has 1 fully saturated rings. The van der Waals surface area contributed by atoms with Crippen molar-refractivity contribution in [3.63, 3.8) is 0 Å². The van der Waals surface area contributed by atoms with Gasteiger partial charge in [0.15, 0.2) is 0 Å². The normalized spacial score (nSPS) is 18.9. The summed E-state index contributed by atoms with van der Waals surface area (Å²) >= 11 is 0. The van der Waals surface area contributed by atoms with Gasteiger partial charge in [-0.15, -0.1) is 0 Å². The van der Waals surface area contributed by atoms with Gasteiger partial charge in [0.2, 0.25) is 0 Å². The molecule has 35 heavy (non-hydrogen) atoms. The Kier molecular flexibility index (Phi) is 7.54. The van der Waals surface area contributed by atoms with Gasteiger partial charge in [-0.05, 0) is 35.4 Å². The van der Waals surface area contributed by atoms with Crippen LogP contribution in [0.5, 0.6) is 0 Å². The lowest BCUT2D eigenvalue weighted by Crippen LogP contribution is -2.38. The summed E-state index contributed by atoms with van der Waals surface area (Å²) in [6.45, 7) is 2.51. The molecule has 184 valence electrons. The summed E-state index contributed by atoms with van der Waals surface area (Å²) in [5.41, 5.74) is 0.905. The Bertz CT molecular complexity index is 1190. The Hall–Kier alpha value is -3.20. The quantitative estimate of drug-likeness (QED) is 0.497. The van der Waals surface area contributed by atoms with Crippen molar-refractivity contribution >= 4 is 16.8 Å². The first kappa shape index (κ1) is 24.9. The second-order valence-electron chi connectivity index (χ2n) is 8.40. The van der Waals surface area contributed by atoms with Crippen molar-refractivity contribution in [2.45, 2.75) is 36.4 Å². The van der Waals surface area contributed by atoms with Gasteiger partial charge in [-0.3, -0.25) is 9.19 Å². The second kappa shape index (κ2) is 10.6. The molecule has 3 atom stereocenters. The number of carbonyl (C=O) groups is 1. The zero-order valence-corrected chi connectivity index (χ0v) is 20.0. The third kappa shape index (κ3) is 5.73. The van der Waals surface area contributed by atoms with Gasteiger partial charge in [0.05, 0.1) is 22.1 Å². The summed E-state index contributed by atoms with van der Waals surface area (Å²) in [5, 5.41) is 2.86. The average molecular weight is 502 g/mol. The highest BCUT2D eigenvalue weighted by atomic mass is 32.2. The van der Waals surface area contributed by atoms with Gasteiger partial charge in [-0.2, -0.15) is 13.2 Å². The number of nitrogens with one attached hydrogen (secondary N) is 1. The molecule has 0 saturated carbocycles. The molecule has 0 radical (unpaired) electrons. The monoisotopic (exact) mass is 501 g/mol. The predicted octanol–water partition coefficient (Wildman–Crippen LogP) is 5.32. The third-order valence-corrected chi connectivity index (χ3v) is 7.54. The molecular weight excluding hydrogens is 475 g/mol. The first-order valence-corrected chi connectivity index (χ1v) is 12.7. The Morgan fingerprint density at radius 1 is 1.03 bits per heavy atom. The van der Waals surface area contributed by atoms with E-state index in [2.05, 4.69) is 10.3 Å². The van der Waals surface area contributed by atoms with E-state index in [1.54, 1.807) is 17.0 Å². The van der Waals surface area contributed by atoms with E-state index < -0.39 is 28.5 Å². The summed E-state index contributed by atoms with van der Waals surface area (Å²) in [6, 6.07) is 18.4. The van der Waals surface area contributed by atoms with Crippen molar-refractivity contribution in [3.8, 4) is 0 Å². The van der Waals surface area contributed by atoms with Gasteiger partial charge >= 0.3 is 12.2 Å². The van der Waals surface area contributed by atoms with Gasteiger partial charge in [0.1, 0.15) is 0 Å². The molecule has 2 aromatic carbocycles. The first-order chi connectivity index (χ1) is 16.8. The van der Waals surface area contributed by atoms with Gasteiger partial charge in [0, 0.05) is 48.3 Å². The fourth-order valence-electron chi connectivity index (χ4n) is 4.45. The number of alkyl halides is 3. The molecule has 2 amide bonds. The fraction of sp³-hybridized carbons (Fsp3) is 0.308. The van der Waals surface area contributed by atoms with Crippen LogP contribution in [-0.2, 0) is 23.5 Å². The van der Waals surface area contributed by atoms with Gasteiger partial charge in [0.25, 0.3) is 0 Å². The van der Waals surface area contributed by atoms with E-state index in [1.165, 1.54) is 12.3 Å². The highest BCUT2D eigenvalue weighted by molar-refractivity contribution is 7.85. The van der Waals surface area contributed by atoms with Crippen molar-refractivity contribution in [1.82, 2.24) is 15.2 Å². The highest BCUT2D eigenvalue weighted by Crippen LogP contribution is 2.43. The molecule has 0 bridgehead atoms. The number of aromatic nitrogens is 1. The van der Waals surface area contributed by atoms with Gasteiger partial charge in [-0.1, -0.05) is 49.4 Å². The maximum atomic E-state index is 13.7. The van der Waals surface area contributed by atoms with Crippen LogP contribution in [0.2, 0.25) is 0 Å².